The molecule has 29 heavy (non-hydrogen) atoms. The number of nitrogens with zero attached hydrogens (tertiary/aromatic N) is 3. The molecule has 9 nitrogen and oxygen atoms in total. The molecule has 4 aromatic rings. The number of furan rings is 2. The van der Waals surface area contributed by atoms with Crippen molar-refractivity contribution in [3.8, 4) is 5.75 Å². The summed E-state index contributed by atoms with van der Waals surface area (Å²) in [7, 11) is 0. The number of hydrogen-bond acceptors (Lipinski definition) is 8. The highest BCUT2D eigenvalue weighted by atomic mass is 32.1. The Hall–Kier alpha value is -3.66. The Morgan fingerprint density at radius 2 is 2.17 bits per heavy atom. The number of anilines is 1. The van der Waals surface area contributed by atoms with Crippen molar-refractivity contribution in [1.29, 1.82) is 0 Å². The number of nitro groups is 1. The number of carbonyl (C=O) groups is 1. The van der Waals surface area contributed by atoms with E-state index in [1.54, 1.807) is 12.1 Å². The quantitative estimate of drug-likeness (QED) is 0.320. The third kappa shape index (κ3) is 3.83. The number of benzene rings is 1. The molecule has 0 aliphatic rings. The molecular weight excluding hydrogens is 398 g/mol. The van der Waals surface area contributed by atoms with E-state index in [4.69, 9.17) is 13.6 Å². The summed E-state index contributed by atoms with van der Waals surface area (Å²) in [6.45, 7) is 2.53. The van der Waals surface area contributed by atoms with Crippen molar-refractivity contribution in [2.45, 2.75) is 13.5 Å². The van der Waals surface area contributed by atoms with Gasteiger partial charge >= 0.3 is 5.88 Å². The molecule has 0 saturated carbocycles. The van der Waals surface area contributed by atoms with Gasteiger partial charge in [-0.05, 0) is 43.3 Å². The second-order valence-corrected chi connectivity index (χ2v) is 6.93. The first-order chi connectivity index (χ1) is 14.0. The average Bonchev–Trinajstić information content (AvgIpc) is 3.45. The van der Waals surface area contributed by atoms with Gasteiger partial charge in [0.05, 0.1) is 35.7 Å². The van der Waals surface area contributed by atoms with Gasteiger partial charge < -0.3 is 13.6 Å². The van der Waals surface area contributed by atoms with Gasteiger partial charge in [-0.25, -0.2) is 4.98 Å². The molecule has 0 radical (unpaired) electrons. The van der Waals surface area contributed by atoms with E-state index in [1.165, 1.54) is 28.6 Å². The lowest BCUT2D eigenvalue weighted by Crippen LogP contribution is -2.29. The molecule has 148 valence electrons. The van der Waals surface area contributed by atoms with Gasteiger partial charge in [-0.1, -0.05) is 11.3 Å². The molecule has 0 spiro atoms. The van der Waals surface area contributed by atoms with E-state index in [0.717, 1.165) is 10.8 Å². The third-order valence-electron chi connectivity index (χ3n) is 4.01. The largest absolute Gasteiger partial charge is 0.494 e. The highest BCUT2D eigenvalue weighted by molar-refractivity contribution is 7.22. The SMILES string of the molecule is CCOc1ccc2nc(N(Cc3ccco3)C(=O)c3ccc([N+](=O)[O-])o3)sc2c1. The second kappa shape index (κ2) is 7.76. The van der Waals surface area contributed by atoms with Crippen LogP contribution in [0.25, 0.3) is 10.2 Å². The molecule has 0 aliphatic carbocycles. The summed E-state index contributed by atoms with van der Waals surface area (Å²) in [6.07, 6.45) is 1.50. The minimum absolute atomic E-state index is 0.0957. The number of thiazole rings is 1. The molecule has 1 aromatic carbocycles. The lowest BCUT2D eigenvalue weighted by Gasteiger charge is -2.17. The summed E-state index contributed by atoms with van der Waals surface area (Å²) in [5.74, 6) is 0.0301. The van der Waals surface area contributed by atoms with Gasteiger partial charge in [0.25, 0.3) is 5.91 Å². The minimum atomic E-state index is -0.694. The summed E-state index contributed by atoms with van der Waals surface area (Å²) < 4.78 is 16.8. The van der Waals surface area contributed by atoms with E-state index in [-0.39, 0.29) is 12.3 Å². The molecule has 4 rings (SSSR count). The number of rotatable bonds is 7. The van der Waals surface area contributed by atoms with Gasteiger partial charge in [-0.15, -0.1) is 0 Å². The van der Waals surface area contributed by atoms with Crippen LogP contribution in [0, 0.1) is 10.1 Å². The maximum Gasteiger partial charge on any atom is 0.433 e. The van der Waals surface area contributed by atoms with Crippen molar-refractivity contribution >= 4 is 38.5 Å². The number of hydrogen-bond donors (Lipinski definition) is 0. The smallest absolute Gasteiger partial charge is 0.433 e. The van der Waals surface area contributed by atoms with Gasteiger partial charge in [-0.2, -0.15) is 0 Å². The fourth-order valence-electron chi connectivity index (χ4n) is 2.72. The van der Waals surface area contributed by atoms with Crippen LogP contribution in [0.2, 0.25) is 0 Å². The van der Waals surface area contributed by atoms with Crippen molar-refractivity contribution in [1.82, 2.24) is 4.98 Å². The fraction of sp³-hybridized carbons (Fsp3) is 0.158. The standard InChI is InChI=1S/C19H15N3O6S/c1-2-26-12-5-6-14-16(10-12)29-19(20-14)21(11-13-4-3-9-27-13)18(23)15-7-8-17(28-15)22(24)25/h3-10H,2,11H2,1H3. The summed E-state index contributed by atoms with van der Waals surface area (Å²) >= 11 is 1.30. The lowest BCUT2D eigenvalue weighted by atomic mass is 10.3. The highest BCUT2D eigenvalue weighted by Crippen LogP contribution is 2.33. The van der Waals surface area contributed by atoms with E-state index in [2.05, 4.69) is 4.98 Å². The molecule has 0 atom stereocenters. The van der Waals surface area contributed by atoms with E-state index in [0.29, 0.717) is 28.8 Å². The summed E-state index contributed by atoms with van der Waals surface area (Å²) in [5.41, 5.74) is 0.705. The zero-order chi connectivity index (χ0) is 20.4. The van der Waals surface area contributed by atoms with Crippen molar-refractivity contribution in [3.63, 3.8) is 0 Å². The van der Waals surface area contributed by atoms with Crippen LogP contribution in [0.3, 0.4) is 0 Å². The Balaban J connectivity index is 1.72. The van der Waals surface area contributed by atoms with Crippen LogP contribution in [0.1, 0.15) is 23.2 Å². The molecule has 1 amide bonds. The number of aromatic nitrogens is 1. The predicted octanol–water partition coefficient (Wildman–Crippen LogP) is 4.64. The van der Waals surface area contributed by atoms with Gasteiger partial charge in [0, 0.05) is 0 Å². The lowest BCUT2D eigenvalue weighted by molar-refractivity contribution is -0.402. The molecule has 0 fully saturated rings. The first kappa shape index (κ1) is 18.7. The van der Waals surface area contributed by atoms with Crippen LogP contribution in [-0.4, -0.2) is 22.4 Å². The van der Waals surface area contributed by atoms with E-state index in [1.807, 2.05) is 25.1 Å². The van der Waals surface area contributed by atoms with Crippen molar-refractivity contribution in [3.05, 3.63) is 70.4 Å². The average molecular weight is 413 g/mol. The molecule has 0 unspecified atom stereocenters. The number of fused-ring (bicyclic) bond motifs is 1. The first-order valence-corrected chi connectivity index (χ1v) is 9.48. The Bertz CT molecular complexity index is 1160. The van der Waals surface area contributed by atoms with Crippen LogP contribution in [0.5, 0.6) is 5.75 Å². The maximum absolute atomic E-state index is 13.1. The molecule has 0 bridgehead atoms. The van der Waals surface area contributed by atoms with Gasteiger partial charge in [0.2, 0.25) is 0 Å². The highest BCUT2D eigenvalue weighted by Gasteiger charge is 2.27. The molecule has 3 aromatic heterocycles. The van der Waals surface area contributed by atoms with Gasteiger partial charge in [0.1, 0.15) is 16.4 Å². The van der Waals surface area contributed by atoms with Crippen molar-refractivity contribution < 1.29 is 23.3 Å². The number of amides is 1. The Morgan fingerprint density at radius 3 is 2.86 bits per heavy atom. The van der Waals surface area contributed by atoms with Crippen LogP contribution in [-0.2, 0) is 6.54 Å². The van der Waals surface area contributed by atoms with Crippen molar-refractivity contribution in [2.24, 2.45) is 0 Å². The molecular formula is C19H15N3O6S. The topological polar surface area (TPSA) is 112 Å². The zero-order valence-electron chi connectivity index (χ0n) is 15.2. The van der Waals surface area contributed by atoms with Crippen molar-refractivity contribution in [2.75, 3.05) is 11.5 Å². The Labute approximate surface area is 168 Å². The van der Waals surface area contributed by atoms with Crippen LogP contribution < -0.4 is 9.64 Å². The maximum atomic E-state index is 13.1. The van der Waals surface area contributed by atoms with Crippen LogP contribution in [0.4, 0.5) is 11.0 Å². The third-order valence-corrected chi connectivity index (χ3v) is 5.05. The molecule has 0 N–H and O–H groups in total. The van der Waals surface area contributed by atoms with E-state index >= 15 is 0 Å². The molecule has 0 aliphatic heterocycles. The van der Waals surface area contributed by atoms with E-state index in [9.17, 15) is 14.9 Å². The molecule has 10 heteroatoms. The zero-order valence-corrected chi connectivity index (χ0v) is 16.0. The first-order valence-electron chi connectivity index (χ1n) is 8.67. The van der Waals surface area contributed by atoms with Crippen LogP contribution >= 0.6 is 11.3 Å². The summed E-state index contributed by atoms with van der Waals surface area (Å²) in [5, 5.41) is 11.3. The summed E-state index contributed by atoms with van der Waals surface area (Å²) in [6, 6.07) is 11.3. The minimum Gasteiger partial charge on any atom is -0.494 e. The monoisotopic (exact) mass is 413 g/mol. The fourth-order valence-corrected chi connectivity index (χ4v) is 3.71. The normalized spacial score (nSPS) is 10.9. The van der Waals surface area contributed by atoms with Gasteiger partial charge in [0.15, 0.2) is 10.9 Å². The Kier molecular flexibility index (Phi) is 5.00. The van der Waals surface area contributed by atoms with Crippen LogP contribution in [0.15, 0.2) is 57.6 Å². The Morgan fingerprint density at radius 1 is 1.31 bits per heavy atom. The number of carbonyl (C=O) groups excluding carboxylic acids is 1. The second-order valence-electron chi connectivity index (χ2n) is 5.92. The molecule has 0 saturated heterocycles. The van der Waals surface area contributed by atoms with Gasteiger partial charge in [-0.3, -0.25) is 19.8 Å². The summed E-state index contributed by atoms with van der Waals surface area (Å²) in [4.78, 5) is 29.2. The number of ether oxygens (including phenoxy) is 1. The molecule has 3 heterocycles. The van der Waals surface area contributed by atoms with E-state index < -0.39 is 16.7 Å². The predicted molar refractivity (Wildman–Crippen MR) is 105 cm³/mol.